The Bertz CT molecular complexity index is 780. The molecule has 0 bridgehead atoms. The van der Waals surface area contributed by atoms with Crippen molar-refractivity contribution in [1.82, 2.24) is 5.32 Å². The zero-order chi connectivity index (χ0) is 18.7. The van der Waals surface area contributed by atoms with Crippen LogP contribution in [0.2, 0.25) is 0 Å². The molecule has 1 amide bonds. The molecule has 0 spiro atoms. The van der Waals surface area contributed by atoms with Crippen LogP contribution in [0.1, 0.15) is 53.3 Å². The van der Waals surface area contributed by atoms with Gasteiger partial charge < -0.3 is 10.1 Å². The average Bonchev–Trinajstić information content (AvgIpc) is 2.54. The van der Waals surface area contributed by atoms with Gasteiger partial charge in [0.15, 0.2) is 6.10 Å². The Kier molecular flexibility index (Phi) is 5.89. The lowest BCUT2D eigenvalue weighted by molar-refractivity contribution is -0.127. The van der Waals surface area contributed by atoms with Gasteiger partial charge in [0.2, 0.25) is 0 Å². The first kappa shape index (κ1) is 19.0. The fourth-order valence-electron chi connectivity index (χ4n) is 3.00. The molecule has 0 aliphatic carbocycles. The van der Waals surface area contributed by atoms with Gasteiger partial charge in [0.05, 0.1) is 6.04 Å². The standard InChI is InChI=1S/C22H29NO2/c1-13-8-9-15(3)20(11-13)18(6)23-22(24)19(7)25-21-12-14(2)10-16(4)17(21)5/h8-12,18-19H,1-7H3,(H,23,24)/t18-,19-/m1/s1. The van der Waals surface area contributed by atoms with Gasteiger partial charge in [-0.2, -0.15) is 0 Å². The van der Waals surface area contributed by atoms with E-state index in [4.69, 9.17) is 4.74 Å². The summed E-state index contributed by atoms with van der Waals surface area (Å²) >= 11 is 0. The third-order valence-corrected chi connectivity index (χ3v) is 4.70. The number of hydrogen-bond acceptors (Lipinski definition) is 2. The van der Waals surface area contributed by atoms with E-state index in [1.807, 2.05) is 26.8 Å². The van der Waals surface area contributed by atoms with Crippen LogP contribution in [0, 0.1) is 34.6 Å². The van der Waals surface area contributed by atoms with Crippen molar-refractivity contribution in [3.63, 3.8) is 0 Å². The summed E-state index contributed by atoms with van der Waals surface area (Å²) in [7, 11) is 0. The number of carbonyl (C=O) groups excluding carboxylic acids is 1. The van der Waals surface area contributed by atoms with Gasteiger partial charge >= 0.3 is 0 Å². The predicted molar refractivity (Wildman–Crippen MR) is 103 cm³/mol. The molecule has 3 nitrogen and oxygen atoms in total. The fourth-order valence-corrected chi connectivity index (χ4v) is 3.00. The quantitative estimate of drug-likeness (QED) is 0.843. The SMILES string of the molecule is Cc1cc(C)c(C)c(O[C@H](C)C(=O)N[C@H](C)c2cc(C)ccc2C)c1. The second kappa shape index (κ2) is 7.73. The first-order valence-electron chi connectivity index (χ1n) is 8.81. The van der Waals surface area contributed by atoms with Crippen LogP contribution in [0.3, 0.4) is 0 Å². The molecule has 0 unspecified atom stereocenters. The van der Waals surface area contributed by atoms with Crippen molar-refractivity contribution >= 4 is 5.91 Å². The Balaban J connectivity index is 2.09. The number of hydrogen-bond donors (Lipinski definition) is 1. The molecule has 0 aliphatic heterocycles. The third kappa shape index (κ3) is 4.62. The molecule has 0 radical (unpaired) electrons. The Morgan fingerprint density at radius 2 is 1.60 bits per heavy atom. The van der Waals surface area contributed by atoms with Crippen molar-refractivity contribution in [2.24, 2.45) is 0 Å². The normalized spacial score (nSPS) is 13.2. The average molecular weight is 339 g/mol. The van der Waals surface area contributed by atoms with Crippen LogP contribution in [0.25, 0.3) is 0 Å². The number of ether oxygens (including phenoxy) is 1. The van der Waals surface area contributed by atoms with Gasteiger partial charge in [-0.3, -0.25) is 4.79 Å². The number of rotatable bonds is 5. The molecule has 0 heterocycles. The first-order chi connectivity index (χ1) is 11.7. The molecule has 0 aliphatic rings. The summed E-state index contributed by atoms with van der Waals surface area (Å²) in [6.07, 6.45) is -0.549. The fraction of sp³-hybridized carbons (Fsp3) is 0.409. The molecule has 2 aromatic rings. The van der Waals surface area contributed by atoms with E-state index in [0.717, 1.165) is 22.4 Å². The van der Waals surface area contributed by atoms with Gasteiger partial charge in [0.1, 0.15) is 5.75 Å². The minimum atomic E-state index is -0.549. The lowest BCUT2D eigenvalue weighted by atomic mass is 10.00. The lowest BCUT2D eigenvalue weighted by Crippen LogP contribution is -2.38. The molecular formula is C22H29NO2. The molecule has 0 saturated carbocycles. The monoisotopic (exact) mass is 339 g/mol. The van der Waals surface area contributed by atoms with E-state index in [1.165, 1.54) is 16.7 Å². The van der Waals surface area contributed by atoms with E-state index >= 15 is 0 Å². The maximum Gasteiger partial charge on any atom is 0.261 e. The van der Waals surface area contributed by atoms with Gasteiger partial charge in [-0.05, 0) is 82.3 Å². The highest BCUT2D eigenvalue weighted by Gasteiger charge is 2.19. The maximum absolute atomic E-state index is 12.6. The molecule has 0 fully saturated rings. The Labute approximate surface area is 151 Å². The molecule has 0 aromatic heterocycles. The van der Waals surface area contributed by atoms with Crippen molar-refractivity contribution in [3.8, 4) is 5.75 Å². The number of benzene rings is 2. The largest absolute Gasteiger partial charge is 0.481 e. The van der Waals surface area contributed by atoms with Crippen LogP contribution in [0.4, 0.5) is 0 Å². The minimum absolute atomic E-state index is 0.0567. The highest BCUT2D eigenvalue weighted by molar-refractivity contribution is 5.81. The van der Waals surface area contributed by atoms with Gasteiger partial charge in [0.25, 0.3) is 5.91 Å². The summed E-state index contributed by atoms with van der Waals surface area (Å²) in [4.78, 5) is 12.6. The Morgan fingerprint density at radius 3 is 2.28 bits per heavy atom. The lowest BCUT2D eigenvalue weighted by Gasteiger charge is -2.22. The van der Waals surface area contributed by atoms with Crippen LogP contribution >= 0.6 is 0 Å². The highest BCUT2D eigenvalue weighted by Crippen LogP contribution is 2.25. The Hall–Kier alpha value is -2.29. The molecule has 0 saturated heterocycles. The molecule has 2 atom stereocenters. The highest BCUT2D eigenvalue weighted by atomic mass is 16.5. The van der Waals surface area contributed by atoms with Crippen LogP contribution < -0.4 is 10.1 Å². The van der Waals surface area contributed by atoms with Gasteiger partial charge in [0, 0.05) is 0 Å². The van der Waals surface area contributed by atoms with Crippen molar-refractivity contribution in [3.05, 3.63) is 63.7 Å². The van der Waals surface area contributed by atoms with Crippen molar-refractivity contribution < 1.29 is 9.53 Å². The zero-order valence-corrected chi connectivity index (χ0v) is 16.4. The molecule has 134 valence electrons. The number of carbonyl (C=O) groups is 1. The third-order valence-electron chi connectivity index (χ3n) is 4.70. The van der Waals surface area contributed by atoms with Crippen LogP contribution in [0.15, 0.2) is 30.3 Å². The van der Waals surface area contributed by atoms with E-state index < -0.39 is 6.10 Å². The summed E-state index contributed by atoms with van der Waals surface area (Å²) in [6, 6.07) is 10.3. The number of nitrogens with one attached hydrogen (secondary N) is 1. The summed E-state index contributed by atoms with van der Waals surface area (Å²) in [5, 5.41) is 3.07. The van der Waals surface area contributed by atoms with E-state index in [0.29, 0.717) is 0 Å². The molecular weight excluding hydrogens is 310 g/mol. The van der Waals surface area contributed by atoms with Crippen molar-refractivity contribution in [2.45, 2.75) is 60.6 Å². The molecule has 3 heteroatoms. The van der Waals surface area contributed by atoms with Gasteiger partial charge in [-0.25, -0.2) is 0 Å². The smallest absolute Gasteiger partial charge is 0.261 e. The predicted octanol–water partition coefficient (Wildman–Crippen LogP) is 4.87. The Morgan fingerprint density at radius 1 is 0.920 bits per heavy atom. The minimum Gasteiger partial charge on any atom is -0.481 e. The van der Waals surface area contributed by atoms with E-state index in [1.54, 1.807) is 6.92 Å². The molecule has 2 rings (SSSR count). The molecule has 25 heavy (non-hydrogen) atoms. The van der Waals surface area contributed by atoms with Crippen molar-refractivity contribution in [1.29, 1.82) is 0 Å². The summed E-state index contributed by atoms with van der Waals surface area (Å²) < 4.78 is 5.95. The summed E-state index contributed by atoms with van der Waals surface area (Å²) in [5.41, 5.74) is 6.89. The van der Waals surface area contributed by atoms with Crippen molar-refractivity contribution in [2.75, 3.05) is 0 Å². The second-order valence-corrected chi connectivity index (χ2v) is 7.06. The van der Waals surface area contributed by atoms with Gasteiger partial charge in [-0.1, -0.05) is 29.8 Å². The van der Waals surface area contributed by atoms with Crippen LogP contribution in [0.5, 0.6) is 5.75 Å². The van der Waals surface area contributed by atoms with Gasteiger partial charge in [-0.15, -0.1) is 0 Å². The molecule has 1 N–H and O–H groups in total. The van der Waals surface area contributed by atoms with E-state index in [9.17, 15) is 4.79 Å². The second-order valence-electron chi connectivity index (χ2n) is 7.06. The van der Waals surface area contributed by atoms with E-state index in [2.05, 4.69) is 50.4 Å². The summed E-state index contributed by atoms with van der Waals surface area (Å²) in [6.45, 7) is 14.0. The van der Waals surface area contributed by atoms with Crippen LogP contribution in [-0.2, 0) is 4.79 Å². The maximum atomic E-state index is 12.6. The summed E-state index contributed by atoms with van der Waals surface area (Å²) in [5.74, 6) is 0.673. The number of aryl methyl sites for hydroxylation is 4. The zero-order valence-electron chi connectivity index (χ0n) is 16.4. The topological polar surface area (TPSA) is 38.3 Å². The number of amides is 1. The molecule has 2 aromatic carbocycles. The van der Waals surface area contributed by atoms with E-state index in [-0.39, 0.29) is 11.9 Å². The first-order valence-corrected chi connectivity index (χ1v) is 8.81. The van der Waals surface area contributed by atoms with Crippen LogP contribution in [-0.4, -0.2) is 12.0 Å².